The Kier molecular flexibility index (Phi) is 4.81. The van der Waals surface area contributed by atoms with Gasteiger partial charge in [-0.05, 0) is 62.0 Å². The van der Waals surface area contributed by atoms with E-state index in [1.54, 1.807) is 0 Å². The van der Waals surface area contributed by atoms with Crippen LogP contribution in [0.5, 0.6) is 0 Å². The molecule has 0 unspecified atom stereocenters. The highest BCUT2D eigenvalue weighted by Crippen LogP contribution is 2.24. The second-order valence-electron chi connectivity index (χ2n) is 5.79. The summed E-state index contributed by atoms with van der Waals surface area (Å²) in [6.07, 6.45) is 5.21. The second kappa shape index (κ2) is 6.38. The Bertz CT molecular complexity index is 456. The van der Waals surface area contributed by atoms with Gasteiger partial charge in [0.15, 0.2) is 5.11 Å². The highest BCUT2D eigenvalue weighted by atomic mass is 32.1. The quantitative estimate of drug-likeness (QED) is 0.793. The number of nitrogens with one attached hydrogen (secondary N) is 2. The standard InChI is InChI=1S/C16H24N2S/c1-11-8-9-13(3)15(10-11)18-16(19)17-14-7-5-4-6-12(14)2/h8-10,12,14H,4-7H2,1-3H3,(H2,17,18,19)/t12-,14+/m0/s1. The zero-order chi connectivity index (χ0) is 13.8. The predicted octanol–water partition coefficient (Wildman–Crippen LogP) is 4.17. The Morgan fingerprint density at radius 2 is 1.95 bits per heavy atom. The molecular weight excluding hydrogens is 252 g/mol. The molecule has 0 aliphatic heterocycles. The van der Waals surface area contributed by atoms with Gasteiger partial charge in [-0.15, -0.1) is 0 Å². The fourth-order valence-electron chi connectivity index (χ4n) is 2.73. The normalized spacial score (nSPS) is 22.9. The lowest BCUT2D eigenvalue weighted by Crippen LogP contribution is -2.43. The molecule has 1 aromatic rings. The molecule has 1 fully saturated rings. The van der Waals surface area contributed by atoms with Crippen LogP contribution >= 0.6 is 12.2 Å². The SMILES string of the molecule is Cc1ccc(C)c(NC(=S)N[C@@H]2CCCC[C@@H]2C)c1. The number of aryl methyl sites for hydroxylation is 2. The molecule has 2 atom stereocenters. The van der Waals surface area contributed by atoms with Crippen LogP contribution in [-0.2, 0) is 0 Å². The van der Waals surface area contributed by atoms with Crippen LogP contribution in [0.1, 0.15) is 43.7 Å². The summed E-state index contributed by atoms with van der Waals surface area (Å²) in [6.45, 7) is 6.52. The van der Waals surface area contributed by atoms with Crippen molar-refractivity contribution in [2.75, 3.05) is 5.32 Å². The summed E-state index contributed by atoms with van der Waals surface area (Å²) in [5, 5.41) is 7.58. The van der Waals surface area contributed by atoms with Crippen molar-refractivity contribution in [2.24, 2.45) is 5.92 Å². The lowest BCUT2D eigenvalue weighted by Gasteiger charge is -2.30. The molecule has 0 heterocycles. The van der Waals surface area contributed by atoms with E-state index >= 15 is 0 Å². The van der Waals surface area contributed by atoms with Crippen LogP contribution in [0.25, 0.3) is 0 Å². The molecule has 0 bridgehead atoms. The summed E-state index contributed by atoms with van der Waals surface area (Å²) < 4.78 is 0. The highest BCUT2D eigenvalue weighted by Gasteiger charge is 2.21. The number of thiocarbonyl (C=S) groups is 1. The third kappa shape index (κ3) is 3.93. The molecule has 1 aromatic carbocycles. The van der Waals surface area contributed by atoms with Crippen LogP contribution in [0.3, 0.4) is 0 Å². The summed E-state index contributed by atoms with van der Waals surface area (Å²) in [7, 11) is 0. The van der Waals surface area contributed by atoms with E-state index in [0.717, 1.165) is 10.8 Å². The first-order chi connectivity index (χ1) is 9.06. The Morgan fingerprint density at radius 1 is 1.21 bits per heavy atom. The molecule has 0 spiro atoms. The molecule has 0 amide bonds. The summed E-state index contributed by atoms with van der Waals surface area (Å²) in [6, 6.07) is 6.93. The van der Waals surface area contributed by atoms with Gasteiger partial charge in [0.2, 0.25) is 0 Å². The molecule has 104 valence electrons. The third-order valence-electron chi connectivity index (χ3n) is 4.07. The fraction of sp³-hybridized carbons (Fsp3) is 0.562. The molecule has 2 nitrogen and oxygen atoms in total. The first kappa shape index (κ1) is 14.3. The van der Waals surface area contributed by atoms with E-state index < -0.39 is 0 Å². The zero-order valence-electron chi connectivity index (χ0n) is 12.1. The van der Waals surface area contributed by atoms with Gasteiger partial charge >= 0.3 is 0 Å². The van der Waals surface area contributed by atoms with Crippen molar-refractivity contribution >= 4 is 23.0 Å². The molecule has 1 aliphatic carbocycles. The molecule has 0 radical (unpaired) electrons. The van der Waals surface area contributed by atoms with E-state index in [4.69, 9.17) is 12.2 Å². The molecule has 2 N–H and O–H groups in total. The fourth-order valence-corrected chi connectivity index (χ4v) is 2.99. The van der Waals surface area contributed by atoms with Crippen molar-refractivity contribution in [1.29, 1.82) is 0 Å². The minimum atomic E-state index is 0.527. The van der Waals surface area contributed by atoms with Gasteiger partial charge in [0.05, 0.1) is 0 Å². The van der Waals surface area contributed by atoms with Crippen molar-refractivity contribution in [2.45, 2.75) is 52.5 Å². The minimum absolute atomic E-state index is 0.527. The van der Waals surface area contributed by atoms with E-state index in [9.17, 15) is 0 Å². The van der Waals surface area contributed by atoms with Gasteiger partial charge in [0, 0.05) is 11.7 Å². The zero-order valence-corrected chi connectivity index (χ0v) is 12.9. The molecule has 0 saturated heterocycles. The van der Waals surface area contributed by atoms with E-state index in [-0.39, 0.29) is 0 Å². The lowest BCUT2D eigenvalue weighted by atomic mass is 9.86. The molecule has 1 aliphatic rings. The van der Waals surface area contributed by atoms with Gasteiger partial charge in [-0.1, -0.05) is 31.9 Å². The molecule has 0 aromatic heterocycles. The van der Waals surface area contributed by atoms with E-state index in [2.05, 4.69) is 49.6 Å². The van der Waals surface area contributed by atoms with Gasteiger partial charge in [0.1, 0.15) is 0 Å². The summed E-state index contributed by atoms with van der Waals surface area (Å²) in [5.74, 6) is 0.715. The maximum absolute atomic E-state index is 5.45. The summed E-state index contributed by atoms with van der Waals surface area (Å²) in [4.78, 5) is 0. The van der Waals surface area contributed by atoms with Crippen molar-refractivity contribution in [3.05, 3.63) is 29.3 Å². The Balaban J connectivity index is 1.95. The molecule has 19 heavy (non-hydrogen) atoms. The van der Waals surface area contributed by atoms with Gasteiger partial charge in [-0.3, -0.25) is 0 Å². The van der Waals surface area contributed by atoms with Crippen LogP contribution in [0.15, 0.2) is 18.2 Å². The van der Waals surface area contributed by atoms with E-state index in [1.807, 2.05) is 0 Å². The average molecular weight is 276 g/mol. The minimum Gasteiger partial charge on any atom is -0.359 e. The largest absolute Gasteiger partial charge is 0.359 e. The van der Waals surface area contributed by atoms with E-state index in [1.165, 1.54) is 36.8 Å². The van der Waals surface area contributed by atoms with Crippen molar-refractivity contribution in [3.63, 3.8) is 0 Å². The van der Waals surface area contributed by atoms with Crippen molar-refractivity contribution in [1.82, 2.24) is 5.32 Å². The predicted molar refractivity (Wildman–Crippen MR) is 86.7 cm³/mol. The van der Waals surface area contributed by atoms with Crippen LogP contribution in [0, 0.1) is 19.8 Å². The number of benzene rings is 1. The molecule has 2 rings (SSSR count). The second-order valence-corrected chi connectivity index (χ2v) is 6.19. The van der Waals surface area contributed by atoms with Gasteiger partial charge in [-0.2, -0.15) is 0 Å². The number of hydrogen-bond donors (Lipinski definition) is 2. The average Bonchev–Trinajstić information content (AvgIpc) is 2.37. The van der Waals surface area contributed by atoms with Crippen molar-refractivity contribution in [3.8, 4) is 0 Å². The maximum Gasteiger partial charge on any atom is 0.171 e. The van der Waals surface area contributed by atoms with Crippen LogP contribution < -0.4 is 10.6 Å². The first-order valence-corrected chi connectivity index (χ1v) is 7.62. The first-order valence-electron chi connectivity index (χ1n) is 7.21. The number of hydrogen-bond acceptors (Lipinski definition) is 1. The highest BCUT2D eigenvalue weighted by molar-refractivity contribution is 7.80. The molecule has 3 heteroatoms. The van der Waals surface area contributed by atoms with Gasteiger partial charge in [-0.25, -0.2) is 0 Å². The molecular formula is C16H24N2S. The van der Waals surface area contributed by atoms with Crippen molar-refractivity contribution < 1.29 is 0 Å². The summed E-state index contributed by atoms with van der Waals surface area (Å²) in [5.41, 5.74) is 3.59. The Hall–Kier alpha value is -1.09. The van der Waals surface area contributed by atoms with Crippen LogP contribution in [-0.4, -0.2) is 11.2 Å². The maximum atomic E-state index is 5.45. The summed E-state index contributed by atoms with van der Waals surface area (Å²) >= 11 is 5.45. The third-order valence-corrected chi connectivity index (χ3v) is 4.29. The van der Waals surface area contributed by atoms with Gasteiger partial charge < -0.3 is 10.6 Å². The number of rotatable bonds is 2. The van der Waals surface area contributed by atoms with Gasteiger partial charge in [0.25, 0.3) is 0 Å². The Labute approximate surface area is 122 Å². The Morgan fingerprint density at radius 3 is 2.68 bits per heavy atom. The van der Waals surface area contributed by atoms with Crippen LogP contribution in [0.2, 0.25) is 0 Å². The topological polar surface area (TPSA) is 24.1 Å². The lowest BCUT2D eigenvalue weighted by molar-refractivity contribution is 0.309. The monoisotopic (exact) mass is 276 g/mol. The van der Waals surface area contributed by atoms with E-state index in [0.29, 0.717) is 12.0 Å². The van der Waals surface area contributed by atoms with Crippen LogP contribution in [0.4, 0.5) is 5.69 Å². The number of anilines is 1. The molecule has 1 saturated carbocycles. The smallest absolute Gasteiger partial charge is 0.171 e.